The number of nitrogens with zero attached hydrogens (tertiary/aromatic N) is 2. The summed E-state index contributed by atoms with van der Waals surface area (Å²) in [6.07, 6.45) is 3.82. The SMILES string of the molecule is Cc1ccc(N)c(OCCn2cc(C)cn2)c1. The fourth-order valence-electron chi connectivity index (χ4n) is 1.60. The van der Waals surface area contributed by atoms with Gasteiger partial charge >= 0.3 is 0 Å². The number of aryl methyl sites for hydroxylation is 2. The number of hydrogen-bond donors (Lipinski definition) is 1. The van der Waals surface area contributed by atoms with E-state index in [1.54, 1.807) is 0 Å². The second-order valence-corrected chi connectivity index (χ2v) is 4.17. The highest BCUT2D eigenvalue weighted by atomic mass is 16.5. The topological polar surface area (TPSA) is 53.1 Å². The second-order valence-electron chi connectivity index (χ2n) is 4.17. The fraction of sp³-hybridized carbons (Fsp3) is 0.308. The number of rotatable bonds is 4. The molecule has 4 nitrogen and oxygen atoms in total. The van der Waals surface area contributed by atoms with Crippen molar-refractivity contribution in [2.24, 2.45) is 0 Å². The van der Waals surface area contributed by atoms with Gasteiger partial charge in [-0.1, -0.05) is 6.07 Å². The Morgan fingerprint density at radius 1 is 1.29 bits per heavy atom. The molecule has 1 aromatic heterocycles. The van der Waals surface area contributed by atoms with Crippen LogP contribution in [-0.2, 0) is 6.54 Å². The van der Waals surface area contributed by atoms with Crippen molar-refractivity contribution in [3.8, 4) is 5.75 Å². The highest BCUT2D eigenvalue weighted by Gasteiger charge is 2.01. The van der Waals surface area contributed by atoms with Crippen molar-refractivity contribution in [1.82, 2.24) is 9.78 Å². The van der Waals surface area contributed by atoms with Crippen LogP contribution < -0.4 is 10.5 Å². The molecule has 0 bridgehead atoms. The molecule has 0 aliphatic carbocycles. The molecule has 2 N–H and O–H groups in total. The Bertz CT molecular complexity index is 505. The summed E-state index contributed by atoms with van der Waals surface area (Å²) < 4.78 is 7.51. The number of anilines is 1. The Balaban J connectivity index is 1.91. The van der Waals surface area contributed by atoms with Gasteiger partial charge in [0.1, 0.15) is 12.4 Å². The number of ether oxygens (including phenoxy) is 1. The third-order valence-corrected chi connectivity index (χ3v) is 2.51. The van der Waals surface area contributed by atoms with E-state index in [1.807, 2.05) is 49.1 Å². The Kier molecular flexibility index (Phi) is 3.32. The molecule has 90 valence electrons. The lowest BCUT2D eigenvalue weighted by Gasteiger charge is -2.09. The highest BCUT2D eigenvalue weighted by Crippen LogP contribution is 2.22. The molecule has 0 unspecified atom stereocenters. The van der Waals surface area contributed by atoms with Crippen molar-refractivity contribution in [2.75, 3.05) is 12.3 Å². The molecule has 0 aliphatic heterocycles. The molecule has 0 amide bonds. The first-order valence-corrected chi connectivity index (χ1v) is 5.63. The lowest BCUT2D eigenvalue weighted by molar-refractivity contribution is 0.292. The average Bonchev–Trinajstić information content (AvgIpc) is 2.69. The van der Waals surface area contributed by atoms with Crippen molar-refractivity contribution in [1.29, 1.82) is 0 Å². The molecule has 0 saturated carbocycles. The smallest absolute Gasteiger partial charge is 0.142 e. The zero-order chi connectivity index (χ0) is 12.3. The van der Waals surface area contributed by atoms with Gasteiger partial charge in [-0.05, 0) is 37.1 Å². The van der Waals surface area contributed by atoms with Gasteiger partial charge in [0.15, 0.2) is 0 Å². The molecule has 0 aliphatic rings. The van der Waals surface area contributed by atoms with Gasteiger partial charge in [0, 0.05) is 6.20 Å². The molecule has 0 saturated heterocycles. The van der Waals surface area contributed by atoms with Crippen LogP contribution in [0, 0.1) is 13.8 Å². The van der Waals surface area contributed by atoms with E-state index in [0.717, 1.165) is 23.4 Å². The lowest BCUT2D eigenvalue weighted by atomic mass is 10.2. The number of hydrogen-bond acceptors (Lipinski definition) is 3. The van der Waals surface area contributed by atoms with Crippen molar-refractivity contribution < 1.29 is 4.74 Å². The molecule has 0 fully saturated rings. The summed E-state index contributed by atoms with van der Waals surface area (Å²) >= 11 is 0. The van der Waals surface area contributed by atoms with Crippen LogP contribution in [0.15, 0.2) is 30.6 Å². The molecule has 1 heterocycles. The van der Waals surface area contributed by atoms with Crippen molar-refractivity contribution >= 4 is 5.69 Å². The van der Waals surface area contributed by atoms with E-state index in [9.17, 15) is 0 Å². The van der Waals surface area contributed by atoms with E-state index in [0.29, 0.717) is 12.3 Å². The van der Waals surface area contributed by atoms with E-state index < -0.39 is 0 Å². The molecule has 0 spiro atoms. The van der Waals surface area contributed by atoms with Crippen LogP contribution in [0.3, 0.4) is 0 Å². The monoisotopic (exact) mass is 231 g/mol. The third-order valence-electron chi connectivity index (χ3n) is 2.51. The van der Waals surface area contributed by atoms with Crippen molar-refractivity contribution in [2.45, 2.75) is 20.4 Å². The van der Waals surface area contributed by atoms with Gasteiger partial charge in [-0.15, -0.1) is 0 Å². The normalized spacial score (nSPS) is 10.5. The van der Waals surface area contributed by atoms with E-state index in [1.165, 1.54) is 0 Å². The third kappa shape index (κ3) is 3.00. The van der Waals surface area contributed by atoms with Gasteiger partial charge in [0.25, 0.3) is 0 Å². The van der Waals surface area contributed by atoms with Gasteiger partial charge < -0.3 is 10.5 Å². The Morgan fingerprint density at radius 2 is 2.12 bits per heavy atom. The number of benzene rings is 1. The van der Waals surface area contributed by atoms with Crippen LogP contribution in [0.25, 0.3) is 0 Å². The molecule has 1 aromatic carbocycles. The predicted molar refractivity (Wildman–Crippen MR) is 68.1 cm³/mol. The summed E-state index contributed by atoms with van der Waals surface area (Å²) in [5.74, 6) is 0.744. The zero-order valence-electron chi connectivity index (χ0n) is 10.2. The van der Waals surface area contributed by atoms with E-state index in [2.05, 4.69) is 5.10 Å². The minimum absolute atomic E-state index is 0.564. The van der Waals surface area contributed by atoms with Crippen LogP contribution in [-0.4, -0.2) is 16.4 Å². The Hall–Kier alpha value is -1.97. The fourth-order valence-corrected chi connectivity index (χ4v) is 1.60. The standard InChI is InChI=1S/C13H17N3O/c1-10-3-4-12(14)13(7-10)17-6-5-16-9-11(2)8-15-16/h3-4,7-9H,5-6,14H2,1-2H3. The Morgan fingerprint density at radius 3 is 2.82 bits per heavy atom. The summed E-state index contributed by atoms with van der Waals surface area (Å²) in [6, 6.07) is 5.78. The first-order chi connectivity index (χ1) is 8.15. The first-order valence-electron chi connectivity index (χ1n) is 5.63. The molecule has 2 rings (SSSR count). The molecular weight excluding hydrogens is 214 g/mol. The van der Waals surface area contributed by atoms with Crippen LogP contribution in [0.4, 0.5) is 5.69 Å². The molecule has 17 heavy (non-hydrogen) atoms. The molecule has 0 atom stereocenters. The maximum Gasteiger partial charge on any atom is 0.142 e. The highest BCUT2D eigenvalue weighted by molar-refractivity contribution is 5.53. The van der Waals surface area contributed by atoms with Crippen LogP contribution in [0.1, 0.15) is 11.1 Å². The number of nitrogen functional groups attached to an aromatic ring is 1. The molecule has 2 aromatic rings. The Labute approximate surface area is 101 Å². The van der Waals surface area contributed by atoms with E-state index in [4.69, 9.17) is 10.5 Å². The van der Waals surface area contributed by atoms with Crippen molar-refractivity contribution in [3.63, 3.8) is 0 Å². The number of nitrogens with two attached hydrogens (primary N) is 1. The molecule has 0 radical (unpaired) electrons. The second kappa shape index (κ2) is 4.91. The largest absolute Gasteiger partial charge is 0.489 e. The summed E-state index contributed by atoms with van der Waals surface area (Å²) in [4.78, 5) is 0. The van der Waals surface area contributed by atoms with Crippen molar-refractivity contribution in [3.05, 3.63) is 41.7 Å². The minimum Gasteiger partial charge on any atom is -0.489 e. The quantitative estimate of drug-likeness (QED) is 0.820. The van der Waals surface area contributed by atoms with Gasteiger partial charge in [0.2, 0.25) is 0 Å². The summed E-state index contributed by atoms with van der Waals surface area (Å²) in [7, 11) is 0. The maximum atomic E-state index is 5.83. The van der Waals surface area contributed by atoms with Gasteiger partial charge in [0.05, 0.1) is 18.4 Å². The summed E-state index contributed by atoms with van der Waals surface area (Å²) in [5, 5.41) is 4.19. The van der Waals surface area contributed by atoms with Gasteiger partial charge in [-0.2, -0.15) is 5.10 Å². The minimum atomic E-state index is 0.564. The number of aromatic nitrogens is 2. The van der Waals surface area contributed by atoms with Crippen LogP contribution in [0.5, 0.6) is 5.75 Å². The average molecular weight is 231 g/mol. The van der Waals surface area contributed by atoms with Crippen LogP contribution in [0.2, 0.25) is 0 Å². The molecular formula is C13H17N3O. The van der Waals surface area contributed by atoms with E-state index >= 15 is 0 Å². The zero-order valence-corrected chi connectivity index (χ0v) is 10.2. The summed E-state index contributed by atoms with van der Waals surface area (Å²) in [6.45, 7) is 5.32. The first kappa shape index (κ1) is 11.5. The van der Waals surface area contributed by atoms with Gasteiger partial charge in [-0.3, -0.25) is 4.68 Å². The maximum absolute atomic E-state index is 5.83. The van der Waals surface area contributed by atoms with E-state index in [-0.39, 0.29) is 0 Å². The lowest BCUT2D eigenvalue weighted by Crippen LogP contribution is -2.09. The predicted octanol–water partition coefficient (Wildman–Crippen LogP) is 2.16. The summed E-state index contributed by atoms with van der Waals surface area (Å²) in [5.41, 5.74) is 8.79. The molecule has 4 heteroatoms. The van der Waals surface area contributed by atoms with Gasteiger partial charge in [-0.25, -0.2) is 0 Å². The van der Waals surface area contributed by atoms with Crippen LogP contribution >= 0.6 is 0 Å².